The van der Waals surface area contributed by atoms with E-state index >= 15 is 0 Å². The molecule has 0 heterocycles. The smallest absolute Gasteiger partial charge is 0.337 e. The molecule has 2 aromatic rings. The third-order valence-electron chi connectivity index (χ3n) is 2.77. The maximum Gasteiger partial charge on any atom is 0.337 e. The van der Waals surface area contributed by atoms with E-state index < -0.39 is 0 Å². The van der Waals surface area contributed by atoms with Crippen LogP contribution in [0.1, 0.15) is 21.5 Å². The molecule has 1 N–H and O–H groups in total. The van der Waals surface area contributed by atoms with E-state index in [9.17, 15) is 9.90 Å². The van der Waals surface area contributed by atoms with Gasteiger partial charge in [0.25, 0.3) is 0 Å². The second-order valence-corrected chi connectivity index (χ2v) is 4.56. The molecule has 0 aliphatic rings. The first kappa shape index (κ1) is 14.2. The Balaban J connectivity index is 2.15. The first-order chi connectivity index (χ1) is 9.60. The van der Waals surface area contributed by atoms with Gasteiger partial charge in [-0.25, -0.2) is 4.79 Å². The summed E-state index contributed by atoms with van der Waals surface area (Å²) in [6, 6.07) is 12.0. The number of halogens is 1. The molecule has 0 fully saturated rings. The van der Waals surface area contributed by atoms with Crippen LogP contribution in [0.5, 0.6) is 5.75 Å². The Morgan fingerprint density at radius 1 is 1.10 bits per heavy atom. The average molecular weight is 289 g/mol. The molecule has 0 radical (unpaired) electrons. The number of ether oxygens (including phenoxy) is 1. The Bertz CT molecular complexity index is 645. The Hall–Kier alpha value is -2.26. The van der Waals surface area contributed by atoms with Crippen molar-refractivity contribution in [3.63, 3.8) is 0 Å². The maximum atomic E-state index is 11.3. The first-order valence-corrected chi connectivity index (χ1v) is 6.33. The number of carbonyl (C=O) groups excluding carboxylic acids is 1. The number of benzene rings is 2. The largest absolute Gasteiger partial charge is 0.506 e. The van der Waals surface area contributed by atoms with E-state index in [1.807, 2.05) is 24.3 Å². The molecule has 20 heavy (non-hydrogen) atoms. The Morgan fingerprint density at radius 2 is 1.70 bits per heavy atom. The van der Waals surface area contributed by atoms with Gasteiger partial charge >= 0.3 is 5.97 Å². The number of carbonyl (C=O) groups is 1. The molecular formula is C16H13ClO3. The third-order valence-corrected chi connectivity index (χ3v) is 3.07. The van der Waals surface area contributed by atoms with Gasteiger partial charge in [0.1, 0.15) is 5.75 Å². The molecule has 0 saturated carbocycles. The Kier molecular flexibility index (Phi) is 4.43. The number of hydrogen-bond acceptors (Lipinski definition) is 3. The van der Waals surface area contributed by atoms with Crippen LogP contribution in [0.2, 0.25) is 5.02 Å². The molecule has 0 saturated heterocycles. The fourth-order valence-corrected chi connectivity index (χ4v) is 1.86. The number of phenols is 1. The molecule has 0 unspecified atom stereocenters. The molecule has 4 heteroatoms. The predicted molar refractivity (Wildman–Crippen MR) is 79.8 cm³/mol. The van der Waals surface area contributed by atoms with Gasteiger partial charge in [0.05, 0.1) is 17.7 Å². The molecule has 0 spiro atoms. The van der Waals surface area contributed by atoms with Crippen molar-refractivity contribution in [2.24, 2.45) is 0 Å². The van der Waals surface area contributed by atoms with Gasteiger partial charge < -0.3 is 9.84 Å². The molecule has 2 aromatic carbocycles. The molecule has 102 valence electrons. The number of aromatic hydroxyl groups is 1. The summed E-state index contributed by atoms with van der Waals surface area (Å²) in [6.07, 6.45) is 3.77. The molecule has 0 amide bonds. The zero-order chi connectivity index (χ0) is 14.5. The van der Waals surface area contributed by atoms with E-state index in [2.05, 4.69) is 4.74 Å². The number of methoxy groups -OCH3 is 1. The van der Waals surface area contributed by atoms with Crippen LogP contribution in [0.25, 0.3) is 12.2 Å². The molecular weight excluding hydrogens is 276 g/mol. The molecule has 3 nitrogen and oxygen atoms in total. The van der Waals surface area contributed by atoms with Crippen LogP contribution in [0, 0.1) is 0 Å². The quantitative estimate of drug-likeness (QED) is 0.686. The Morgan fingerprint density at radius 3 is 2.30 bits per heavy atom. The zero-order valence-electron chi connectivity index (χ0n) is 10.8. The molecule has 0 bridgehead atoms. The van der Waals surface area contributed by atoms with Crippen LogP contribution in [0.4, 0.5) is 0 Å². The van der Waals surface area contributed by atoms with Gasteiger partial charge in [-0.15, -0.1) is 0 Å². The molecule has 0 aliphatic heterocycles. The van der Waals surface area contributed by atoms with Crippen molar-refractivity contribution in [1.29, 1.82) is 0 Å². The number of esters is 1. The minimum atomic E-state index is -0.356. The summed E-state index contributed by atoms with van der Waals surface area (Å²) in [5, 5.41) is 9.65. The van der Waals surface area contributed by atoms with Crippen molar-refractivity contribution < 1.29 is 14.6 Å². The first-order valence-electron chi connectivity index (χ1n) is 5.95. The van der Waals surface area contributed by atoms with Gasteiger partial charge in [0.2, 0.25) is 0 Å². The van der Waals surface area contributed by atoms with E-state index in [1.54, 1.807) is 30.3 Å². The van der Waals surface area contributed by atoms with Crippen molar-refractivity contribution in [2.75, 3.05) is 7.11 Å². The zero-order valence-corrected chi connectivity index (χ0v) is 11.6. The monoisotopic (exact) mass is 288 g/mol. The lowest BCUT2D eigenvalue weighted by atomic mass is 10.1. The van der Waals surface area contributed by atoms with Gasteiger partial charge in [-0.1, -0.05) is 42.0 Å². The van der Waals surface area contributed by atoms with Gasteiger partial charge in [-0.2, -0.15) is 0 Å². The van der Waals surface area contributed by atoms with Crippen molar-refractivity contribution in [3.05, 3.63) is 64.2 Å². The normalized spacial score (nSPS) is 10.7. The fourth-order valence-electron chi connectivity index (χ4n) is 1.67. The van der Waals surface area contributed by atoms with Gasteiger partial charge in [-0.05, 0) is 35.4 Å². The van der Waals surface area contributed by atoms with Gasteiger partial charge in [0, 0.05) is 0 Å². The summed E-state index contributed by atoms with van der Waals surface area (Å²) < 4.78 is 4.63. The fraction of sp³-hybridized carbons (Fsp3) is 0.0625. The van der Waals surface area contributed by atoms with Crippen molar-refractivity contribution in [1.82, 2.24) is 0 Å². The van der Waals surface area contributed by atoms with E-state index in [1.165, 1.54) is 7.11 Å². The van der Waals surface area contributed by atoms with Crippen LogP contribution >= 0.6 is 11.6 Å². The second-order valence-electron chi connectivity index (χ2n) is 4.16. The number of hydrogen-bond donors (Lipinski definition) is 1. The predicted octanol–water partition coefficient (Wildman–Crippen LogP) is 4.00. The van der Waals surface area contributed by atoms with Crippen molar-refractivity contribution >= 4 is 29.7 Å². The van der Waals surface area contributed by atoms with Crippen LogP contribution in [-0.2, 0) is 4.74 Å². The SMILES string of the molecule is COC(=O)c1ccc(C=Cc2ccc(O)c(Cl)c2)cc1. The highest BCUT2D eigenvalue weighted by atomic mass is 35.5. The maximum absolute atomic E-state index is 11.3. The summed E-state index contributed by atoms with van der Waals surface area (Å²) in [7, 11) is 1.35. The van der Waals surface area contributed by atoms with Gasteiger partial charge in [0.15, 0.2) is 0 Å². The lowest BCUT2D eigenvalue weighted by Crippen LogP contribution is -2.00. The van der Waals surface area contributed by atoms with E-state index in [-0.39, 0.29) is 11.7 Å². The van der Waals surface area contributed by atoms with Crippen molar-refractivity contribution in [2.45, 2.75) is 0 Å². The summed E-state index contributed by atoms with van der Waals surface area (Å²) >= 11 is 5.83. The van der Waals surface area contributed by atoms with Crippen LogP contribution < -0.4 is 0 Å². The topological polar surface area (TPSA) is 46.5 Å². The van der Waals surface area contributed by atoms with E-state index in [0.29, 0.717) is 10.6 Å². The molecule has 0 aromatic heterocycles. The summed E-state index contributed by atoms with van der Waals surface area (Å²) in [4.78, 5) is 11.3. The van der Waals surface area contributed by atoms with Crippen LogP contribution in [0.15, 0.2) is 42.5 Å². The standard InChI is InChI=1S/C16H13ClO3/c1-20-16(19)13-7-4-11(5-8-13)2-3-12-6-9-15(18)14(17)10-12/h2-10,18H,1H3. The molecule has 2 rings (SSSR count). The number of phenolic OH excluding ortho intramolecular Hbond substituents is 1. The molecule has 0 atom stereocenters. The summed E-state index contributed by atoms with van der Waals surface area (Å²) in [5.41, 5.74) is 2.34. The van der Waals surface area contributed by atoms with Crippen molar-refractivity contribution in [3.8, 4) is 5.75 Å². The average Bonchev–Trinajstić information content (AvgIpc) is 2.48. The molecule has 0 aliphatic carbocycles. The van der Waals surface area contributed by atoms with Gasteiger partial charge in [-0.3, -0.25) is 0 Å². The summed E-state index contributed by atoms with van der Waals surface area (Å²) in [5.74, 6) is -0.294. The van der Waals surface area contributed by atoms with Crippen LogP contribution in [0.3, 0.4) is 0 Å². The highest BCUT2D eigenvalue weighted by Crippen LogP contribution is 2.24. The van der Waals surface area contributed by atoms with E-state index in [4.69, 9.17) is 11.6 Å². The highest BCUT2D eigenvalue weighted by molar-refractivity contribution is 6.32. The van der Waals surface area contributed by atoms with Crippen LogP contribution in [-0.4, -0.2) is 18.2 Å². The highest BCUT2D eigenvalue weighted by Gasteiger charge is 2.03. The Labute approximate surface area is 122 Å². The minimum Gasteiger partial charge on any atom is -0.506 e. The third kappa shape index (κ3) is 3.39. The lowest BCUT2D eigenvalue weighted by molar-refractivity contribution is 0.0600. The lowest BCUT2D eigenvalue weighted by Gasteiger charge is -2.00. The minimum absolute atomic E-state index is 0.0613. The number of rotatable bonds is 3. The van der Waals surface area contributed by atoms with E-state index in [0.717, 1.165) is 11.1 Å². The second kappa shape index (κ2) is 6.26. The summed E-state index contributed by atoms with van der Waals surface area (Å²) in [6.45, 7) is 0.